The number of rotatable bonds is 4. The molecule has 1 saturated carbocycles. The molecule has 4 nitrogen and oxygen atoms in total. The smallest absolute Gasteiger partial charge is 0.168 e. The summed E-state index contributed by atoms with van der Waals surface area (Å²) < 4.78 is 0. The number of carbonyl (C=O) groups excluding carboxylic acids is 2. The predicted molar refractivity (Wildman–Crippen MR) is 92.3 cm³/mol. The maximum atomic E-state index is 12.4. The summed E-state index contributed by atoms with van der Waals surface area (Å²) in [5, 5.41) is 3.12. The lowest BCUT2D eigenvalue weighted by Gasteiger charge is -2.22. The van der Waals surface area contributed by atoms with E-state index in [0.29, 0.717) is 12.8 Å². The Labute approximate surface area is 141 Å². The van der Waals surface area contributed by atoms with Crippen LogP contribution >= 0.6 is 0 Å². The summed E-state index contributed by atoms with van der Waals surface area (Å²) in [6.45, 7) is 1.95. The maximum absolute atomic E-state index is 12.4. The van der Waals surface area contributed by atoms with Crippen molar-refractivity contribution in [3.05, 3.63) is 77.8 Å². The third-order valence-corrected chi connectivity index (χ3v) is 4.34. The first-order chi connectivity index (χ1) is 11.6. The summed E-state index contributed by atoms with van der Waals surface area (Å²) in [6, 6.07) is 15.4. The largest absolute Gasteiger partial charge is 0.382 e. The van der Waals surface area contributed by atoms with Crippen molar-refractivity contribution in [1.29, 1.82) is 0 Å². The zero-order chi connectivity index (χ0) is 16.9. The van der Waals surface area contributed by atoms with Crippen molar-refractivity contribution in [2.45, 2.75) is 31.7 Å². The molecule has 0 amide bonds. The highest BCUT2D eigenvalue weighted by Crippen LogP contribution is 2.31. The second kappa shape index (κ2) is 7.21. The summed E-state index contributed by atoms with van der Waals surface area (Å²) in [6.07, 6.45) is 4.04. The molecule has 1 fully saturated rings. The molecule has 0 aliphatic heterocycles. The van der Waals surface area contributed by atoms with Crippen LogP contribution < -0.4 is 5.32 Å². The van der Waals surface area contributed by atoms with E-state index in [2.05, 4.69) is 10.3 Å². The molecule has 1 unspecified atom stereocenters. The van der Waals surface area contributed by atoms with Gasteiger partial charge in [-0.1, -0.05) is 36.4 Å². The molecule has 0 saturated heterocycles. The van der Waals surface area contributed by atoms with Gasteiger partial charge in [0.25, 0.3) is 0 Å². The lowest BCUT2D eigenvalue weighted by atomic mass is 9.80. The van der Waals surface area contributed by atoms with Gasteiger partial charge in [-0.25, -0.2) is 0 Å². The molecule has 1 N–H and O–H groups in total. The normalized spacial score (nSPS) is 19.0. The minimum Gasteiger partial charge on any atom is -0.382 e. The molecule has 1 aliphatic rings. The molecule has 0 spiro atoms. The van der Waals surface area contributed by atoms with E-state index in [1.807, 2.05) is 55.5 Å². The monoisotopic (exact) mass is 320 g/mol. The van der Waals surface area contributed by atoms with Crippen LogP contribution in [-0.2, 0) is 9.59 Å². The van der Waals surface area contributed by atoms with Gasteiger partial charge in [-0.05, 0) is 30.5 Å². The molecule has 24 heavy (non-hydrogen) atoms. The minimum atomic E-state index is -0.0965. The fourth-order valence-electron chi connectivity index (χ4n) is 2.94. The fraction of sp³-hybridized carbons (Fsp3) is 0.250. The maximum Gasteiger partial charge on any atom is 0.168 e. The van der Waals surface area contributed by atoms with Gasteiger partial charge in [0.15, 0.2) is 11.6 Å². The Morgan fingerprint density at radius 3 is 2.33 bits per heavy atom. The van der Waals surface area contributed by atoms with Crippen LogP contribution in [0.5, 0.6) is 0 Å². The molecule has 2 aromatic rings. The topological polar surface area (TPSA) is 59.1 Å². The van der Waals surface area contributed by atoms with Gasteiger partial charge in [0.05, 0.1) is 17.3 Å². The van der Waals surface area contributed by atoms with Crippen molar-refractivity contribution in [2.24, 2.45) is 0 Å². The van der Waals surface area contributed by atoms with Crippen LogP contribution in [0.2, 0.25) is 0 Å². The average Bonchev–Trinajstić information content (AvgIpc) is 2.62. The molecule has 0 radical (unpaired) electrons. The average molecular weight is 320 g/mol. The van der Waals surface area contributed by atoms with Crippen molar-refractivity contribution in [1.82, 2.24) is 10.3 Å². The summed E-state index contributed by atoms with van der Waals surface area (Å²) in [5.41, 5.74) is 2.19. The lowest BCUT2D eigenvalue weighted by molar-refractivity contribution is -0.124. The Morgan fingerprint density at radius 1 is 1.04 bits per heavy atom. The molecule has 3 rings (SSSR count). The number of hydrogen-bond acceptors (Lipinski definition) is 4. The van der Waals surface area contributed by atoms with Crippen LogP contribution in [0.15, 0.2) is 66.5 Å². The van der Waals surface area contributed by atoms with Crippen LogP contribution in [0.25, 0.3) is 0 Å². The zero-order valence-corrected chi connectivity index (χ0v) is 13.6. The molecule has 1 aromatic carbocycles. The number of allylic oxidation sites excluding steroid dienone is 1. The zero-order valence-electron chi connectivity index (χ0n) is 13.6. The Balaban J connectivity index is 1.69. The number of Topliss-reactive ketones (excluding diaryl/α,β-unsaturated/α-hetero) is 2. The van der Waals surface area contributed by atoms with Crippen LogP contribution in [0.3, 0.4) is 0 Å². The number of nitrogens with zero attached hydrogens (tertiary/aromatic N) is 1. The SMILES string of the molecule is CC(NC=C1C(=O)CC(c2ccccc2)CC1=O)c1ccccn1. The van der Waals surface area contributed by atoms with Crippen molar-refractivity contribution >= 4 is 11.6 Å². The number of pyridine rings is 1. The van der Waals surface area contributed by atoms with Crippen molar-refractivity contribution in [3.63, 3.8) is 0 Å². The van der Waals surface area contributed by atoms with Gasteiger partial charge in [-0.15, -0.1) is 0 Å². The number of benzene rings is 1. The highest BCUT2D eigenvalue weighted by Gasteiger charge is 2.31. The Bertz CT molecular complexity index is 734. The first kappa shape index (κ1) is 16.1. The van der Waals surface area contributed by atoms with E-state index in [1.54, 1.807) is 12.4 Å². The number of carbonyl (C=O) groups is 2. The Kier molecular flexibility index (Phi) is 4.85. The van der Waals surface area contributed by atoms with Gasteiger partial charge in [-0.2, -0.15) is 0 Å². The molecule has 1 heterocycles. The predicted octanol–water partition coefficient (Wildman–Crippen LogP) is 3.33. The molecule has 122 valence electrons. The molecule has 1 atom stereocenters. The number of ketones is 2. The standard InChI is InChI=1S/C20H20N2O2/c1-14(18-9-5-6-10-21-18)22-13-17-19(23)11-16(12-20(17)24)15-7-3-2-4-8-15/h2-10,13-14,16,22H,11-12H2,1H3. The highest BCUT2D eigenvalue weighted by atomic mass is 16.1. The van der Waals surface area contributed by atoms with E-state index in [1.165, 1.54) is 0 Å². The molecule has 4 heteroatoms. The van der Waals surface area contributed by atoms with Crippen LogP contribution in [0.1, 0.15) is 43.0 Å². The van der Waals surface area contributed by atoms with Crippen molar-refractivity contribution in [3.8, 4) is 0 Å². The Hall–Kier alpha value is -2.75. The summed E-state index contributed by atoms with van der Waals surface area (Å²) >= 11 is 0. The van der Waals surface area contributed by atoms with Crippen molar-refractivity contribution < 1.29 is 9.59 Å². The summed E-state index contributed by atoms with van der Waals surface area (Å²) in [7, 11) is 0. The molecular formula is C20H20N2O2. The molecule has 1 aromatic heterocycles. The van der Waals surface area contributed by atoms with Crippen LogP contribution in [0.4, 0.5) is 0 Å². The summed E-state index contributed by atoms with van der Waals surface area (Å²) in [5.74, 6) is -0.210. The second-order valence-electron chi connectivity index (χ2n) is 6.06. The quantitative estimate of drug-likeness (QED) is 0.693. The fourth-order valence-corrected chi connectivity index (χ4v) is 2.94. The molecule has 0 bridgehead atoms. The first-order valence-corrected chi connectivity index (χ1v) is 8.13. The third kappa shape index (κ3) is 3.59. The molecule has 1 aliphatic carbocycles. The minimum absolute atomic E-state index is 0.0171. The lowest BCUT2D eigenvalue weighted by Crippen LogP contribution is -2.27. The van der Waals surface area contributed by atoms with E-state index < -0.39 is 0 Å². The third-order valence-electron chi connectivity index (χ3n) is 4.34. The number of aromatic nitrogens is 1. The van der Waals surface area contributed by atoms with Gasteiger partial charge >= 0.3 is 0 Å². The van der Waals surface area contributed by atoms with Gasteiger partial charge in [0.1, 0.15) is 0 Å². The van der Waals surface area contributed by atoms with Crippen molar-refractivity contribution in [2.75, 3.05) is 0 Å². The number of hydrogen-bond donors (Lipinski definition) is 1. The van der Waals surface area contributed by atoms with E-state index in [-0.39, 0.29) is 29.1 Å². The van der Waals surface area contributed by atoms with Gasteiger partial charge in [-0.3, -0.25) is 14.6 Å². The number of nitrogens with one attached hydrogen (secondary N) is 1. The highest BCUT2D eigenvalue weighted by molar-refractivity contribution is 6.22. The van der Waals surface area contributed by atoms with Gasteiger partial charge in [0.2, 0.25) is 0 Å². The van der Waals surface area contributed by atoms with Gasteiger partial charge in [0, 0.05) is 25.2 Å². The Morgan fingerprint density at radius 2 is 1.71 bits per heavy atom. The van der Waals surface area contributed by atoms with E-state index in [9.17, 15) is 9.59 Å². The van der Waals surface area contributed by atoms with Crippen LogP contribution in [-0.4, -0.2) is 16.6 Å². The van der Waals surface area contributed by atoms with E-state index in [4.69, 9.17) is 0 Å². The first-order valence-electron chi connectivity index (χ1n) is 8.13. The molecular weight excluding hydrogens is 300 g/mol. The van der Waals surface area contributed by atoms with Gasteiger partial charge < -0.3 is 5.32 Å². The van der Waals surface area contributed by atoms with E-state index in [0.717, 1.165) is 11.3 Å². The second-order valence-corrected chi connectivity index (χ2v) is 6.06. The van der Waals surface area contributed by atoms with Crippen LogP contribution in [0, 0.1) is 0 Å². The van der Waals surface area contributed by atoms with E-state index >= 15 is 0 Å². The summed E-state index contributed by atoms with van der Waals surface area (Å²) in [4.78, 5) is 29.1.